The minimum absolute atomic E-state index is 0.00998. The van der Waals surface area contributed by atoms with E-state index in [4.69, 9.17) is 5.73 Å². The Balaban J connectivity index is 2.54. The Morgan fingerprint density at radius 2 is 2.46 bits per heavy atom. The van der Waals surface area contributed by atoms with E-state index in [0.717, 1.165) is 0 Å². The van der Waals surface area contributed by atoms with Crippen molar-refractivity contribution in [2.75, 3.05) is 6.54 Å². The zero-order valence-electron chi connectivity index (χ0n) is 7.95. The van der Waals surface area contributed by atoms with Crippen molar-refractivity contribution in [2.45, 2.75) is 13.0 Å². The third-order valence-corrected chi connectivity index (χ3v) is 1.76. The van der Waals surface area contributed by atoms with Crippen LogP contribution < -0.4 is 11.1 Å². The standard InChI is InChI=1S/C9H15N3O/c1-7(10)6-11-9(13)8-4-3-5-12(8)2/h3-5,7H,6,10H2,1-2H3,(H,11,13). The molecule has 1 aromatic rings. The number of aryl methyl sites for hydroxylation is 1. The van der Waals surface area contributed by atoms with Gasteiger partial charge < -0.3 is 15.6 Å². The van der Waals surface area contributed by atoms with E-state index in [1.165, 1.54) is 0 Å². The summed E-state index contributed by atoms with van der Waals surface area (Å²) >= 11 is 0. The highest BCUT2D eigenvalue weighted by Gasteiger charge is 2.07. The first-order valence-corrected chi connectivity index (χ1v) is 4.26. The lowest BCUT2D eigenvalue weighted by Gasteiger charge is -2.07. The van der Waals surface area contributed by atoms with Crippen molar-refractivity contribution in [2.24, 2.45) is 12.8 Å². The van der Waals surface area contributed by atoms with Crippen LogP contribution in [0.15, 0.2) is 18.3 Å². The summed E-state index contributed by atoms with van der Waals surface area (Å²) in [5, 5.41) is 2.74. The lowest BCUT2D eigenvalue weighted by atomic mass is 10.3. The smallest absolute Gasteiger partial charge is 0.267 e. The first-order chi connectivity index (χ1) is 6.11. The molecule has 0 saturated carbocycles. The van der Waals surface area contributed by atoms with Crippen molar-refractivity contribution in [1.29, 1.82) is 0 Å². The molecule has 1 atom stereocenters. The molecular formula is C9H15N3O. The first kappa shape index (κ1) is 9.80. The van der Waals surface area contributed by atoms with Gasteiger partial charge in [0.1, 0.15) is 5.69 Å². The molecule has 0 aromatic carbocycles. The van der Waals surface area contributed by atoms with Gasteiger partial charge in [-0.2, -0.15) is 0 Å². The Morgan fingerprint density at radius 3 is 2.92 bits per heavy atom. The summed E-state index contributed by atoms with van der Waals surface area (Å²) in [5.41, 5.74) is 6.16. The highest BCUT2D eigenvalue weighted by atomic mass is 16.1. The van der Waals surface area contributed by atoms with Gasteiger partial charge in [0.15, 0.2) is 0 Å². The average molecular weight is 181 g/mol. The van der Waals surface area contributed by atoms with Crippen molar-refractivity contribution in [3.05, 3.63) is 24.0 Å². The Hall–Kier alpha value is -1.29. The van der Waals surface area contributed by atoms with Crippen LogP contribution in [0.4, 0.5) is 0 Å². The summed E-state index contributed by atoms with van der Waals surface area (Å²) in [6.07, 6.45) is 1.83. The predicted octanol–water partition coefficient (Wildman–Crippen LogP) is 0.102. The average Bonchev–Trinajstić information content (AvgIpc) is 2.47. The maximum Gasteiger partial charge on any atom is 0.267 e. The molecule has 1 aromatic heterocycles. The molecule has 3 N–H and O–H groups in total. The third-order valence-electron chi connectivity index (χ3n) is 1.76. The molecule has 0 aliphatic carbocycles. The summed E-state index contributed by atoms with van der Waals surface area (Å²) in [4.78, 5) is 11.4. The molecule has 0 aliphatic rings. The molecule has 1 heterocycles. The monoisotopic (exact) mass is 181 g/mol. The Labute approximate surface area is 77.7 Å². The van der Waals surface area contributed by atoms with E-state index in [-0.39, 0.29) is 11.9 Å². The van der Waals surface area contributed by atoms with Crippen molar-refractivity contribution in [1.82, 2.24) is 9.88 Å². The summed E-state index contributed by atoms with van der Waals surface area (Å²) < 4.78 is 1.77. The Bertz CT molecular complexity index is 291. The molecule has 0 spiro atoms. The van der Waals surface area contributed by atoms with E-state index < -0.39 is 0 Å². The van der Waals surface area contributed by atoms with Gasteiger partial charge in [0.05, 0.1) is 0 Å². The molecule has 0 aliphatic heterocycles. The molecule has 0 saturated heterocycles. The second-order valence-electron chi connectivity index (χ2n) is 3.19. The summed E-state index contributed by atoms with van der Waals surface area (Å²) in [6.45, 7) is 2.36. The van der Waals surface area contributed by atoms with Gasteiger partial charge in [-0.05, 0) is 19.1 Å². The number of hydrogen-bond donors (Lipinski definition) is 2. The van der Waals surface area contributed by atoms with Crippen molar-refractivity contribution in [3.8, 4) is 0 Å². The molecule has 0 fully saturated rings. The van der Waals surface area contributed by atoms with Crippen molar-refractivity contribution < 1.29 is 4.79 Å². The van der Waals surface area contributed by atoms with Crippen LogP contribution in [0.1, 0.15) is 17.4 Å². The number of carbonyl (C=O) groups is 1. The van der Waals surface area contributed by atoms with Crippen molar-refractivity contribution in [3.63, 3.8) is 0 Å². The SMILES string of the molecule is CC(N)CNC(=O)c1cccn1C. The van der Waals surface area contributed by atoms with E-state index >= 15 is 0 Å². The second-order valence-corrected chi connectivity index (χ2v) is 3.19. The molecule has 0 bridgehead atoms. The summed E-state index contributed by atoms with van der Waals surface area (Å²) in [5.74, 6) is -0.0789. The van der Waals surface area contributed by atoms with Crippen LogP contribution in [0.5, 0.6) is 0 Å². The zero-order valence-corrected chi connectivity index (χ0v) is 7.95. The molecule has 13 heavy (non-hydrogen) atoms. The summed E-state index contributed by atoms with van der Waals surface area (Å²) in [6, 6.07) is 3.60. The Kier molecular flexibility index (Phi) is 3.08. The highest BCUT2D eigenvalue weighted by molar-refractivity contribution is 5.92. The number of rotatable bonds is 3. The fourth-order valence-electron chi connectivity index (χ4n) is 1.04. The zero-order chi connectivity index (χ0) is 9.84. The van der Waals surface area contributed by atoms with E-state index in [0.29, 0.717) is 12.2 Å². The fraction of sp³-hybridized carbons (Fsp3) is 0.444. The van der Waals surface area contributed by atoms with E-state index in [1.807, 2.05) is 26.2 Å². The normalized spacial score (nSPS) is 12.5. The number of aromatic nitrogens is 1. The number of nitrogens with zero attached hydrogens (tertiary/aromatic N) is 1. The van der Waals surface area contributed by atoms with Gasteiger partial charge in [-0.15, -0.1) is 0 Å². The van der Waals surface area contributed by atoms with E-state index in [2.05, 4.69) is 5.32 Å². The van der Waals surface area contributed by atoms with E-state index in [9.17, 15) is 4.79 Å². The van der Waals surface area contributed by atoms with Gasteiger partial charge in [-0.1, -0.05) is 0 Å². The number of carbonyl (C=O) groups excluding carboxylic acids is 1. The van der Waals surface area contributed by atoms with Gasteiger partial charge in [0.2, 0.25) is 0 Å². The van der Waals surface area contributed by atoms with Gasteiger partial charge in [-0.3, -0.25) is 4.79 Å². The van der Waals surface area contributed by atoms with Crippen molar-refractivity contribution >= 4 is 5.91 Å². The van der Waals surface area contributed by atoms with Crippen LogP contribution in [0.25, 0.3) is 0 Å². The largest absolute Gasteiger partial charge is 0.349 e. The summed E-state index contributed by atoms with van der Waals surface area (Å²) in [7, 11) is 1.83. The van der Waals surface area contributed by atoms with Crippen LogP contribution in [-0.2, 0) is 7.05 Å². The van der Waals surface area contributed by atoms with E-state index in [1.54, 1.807) is 10.6 Å². The molecule has 4 heteroatoms. The second kappa shape index (κ2) is 4.09. The number of nitrogens with two attached hydrogens (primary N) is 1. The maximum atomic E-state index is 11.4. The topological polar surface area (TPSA) is 60.0 Å². The first-order valence-electron chi connectivity index (χ1n) is 4.26. The molecular weight excluding hydrogens is 166 g/mol. The van der Waals surface area contributed by atoms with Crippen LogP contribution >= 0.6 is 0 Å². The molecule has 72 valence electrons. The fourth-order valence-corrected chi connectivity index (χ4v) is 1.04. The van der Waals surface area contributed by atoms with Crippen LogP contribution in [0, 0.1) is 0 Å². The van der Waals surface area contributed by atoms with Crippen LogP contribution in [0.3, 0.4) is 0 Å². The predicted molar refractivity (Wildman–Crippen MR) is 51.4 cm³/mol. The molecule has 1 amide bonds. The lowest BCUT2D eigenvalue weighted by Crippen LogP contribution is -2.35. The maximum absolute atomic E-state index is 11.4. The molecule has 1 unspecified atom stereocenters. The molecule has 1 rings (SSSR count). The molecule has 4 nitrogen and oxygen atoms in total. The minimum Gasteiger partial charge on any atom is -0.349 e. The van der Waals surface area contributed by atoms with Gasteiger partial charge in [-0.25, -0.2) is 0 Å². The van der Waals surface area contributed by atoms with Crippen LogP contribution in [0.2, 0.25) is 0 Å². The van der Waals surface area contributed by atoms with Gasteiger partial charge in [0.25, 0.3) is 5.91 Å². The minimum atomic E-state index is -0.0789. The number of hydrogen-bond acceptors (Lipinski definition) is 2. The third kappa shape index (κ3) is 2.59. The van der Waals surface area contributed by atoms with Crippen LogP contribution in [-0.4, -0.2) is 23.1 Å². The highest BCUT2D eigenvalue weighted by Crippen LogP contribution is 1.98. The number of amides is 1. The van der Waals surface area contributed by atoms with Gasteiger partial charge in [0, 0.05) is 25.8 Å². The quantitative estimate of drug-likeness (QED) is 0.695. The van der Waals surface area contributed by atoms with Gasteiger partial charge >= 0.3 is 0 Å². The molecule has 0 radical (unpaired) electrons. The number of nitrogens with one attached hydrogen (secondary N) is 1. The Morgan fingerprint density at radius 1 is 1.77 bits per heavy atom. The lowest BCUT2D eigenvalue weighted by molar-refractivity contribution is 0.0943.